The van der Waals surface area contributed by atoms with Crippen LogP contribution in [-0.4, -0.2) is 28.4 Å². The fourth-order valence-corrected chi connectivity index (χ4v) is 1.96. The number of rotatable bonds is 3. The molecule has 0 radical (unpaired) electrons. The van der Waals surface area contributed by atoms with E-state index in [4.69, 9.17) is 22.1 Å². The number of nitrogens with one attached hydrogen (secondary N) is 1. The van der Waals surface area contributed by atoms with Crippen molar-refractivity contribution < 1.29 is 9.53 Å². The third kappa shape index (κ3) is 4.61. The Morgan fingerprint density at radius 3 is 2.55 bits per heavy atom. The van der Waals surface area contributed by atoms with Crippen molar-refractivity contribution in [3.05, 3.63) is 22.0 Å². The van der Waals surface area contributed by atoms with Crippen LogP contribution in [0, 0.1) is 13.8 Å². The number of ether oxygens (including phenoxy) is 1. The van der Waals surface area contributed by atoms with E-state index in [2.05, 4.69) is 15.5 Å². The Morgan fingerprint density at radius 2 is 2.00 bits per heavy atom. The van der Waals surface area contributed by atoms with Gasteiger partial charge in [-0.1, -0.05) is 11.6 Å². The number of carbonyl (C=O) groups excluding carboxylic acids is 1. The molecule has 6 nitrogen and oxygen atoms in total. The van der Waals surface area contributed by atoms with Crippen molar-refractivity contribution in [3.63, 3.8) is 0 Å². The first-order valence-corrected chi connectivity index (χ1v) is 6.71. The lowest BCUT2D eigenvalue weighted by Crippen LogP contribution is -2.37. The summed E-state index contributed by atoms with van der Waals surface area (Å²) < 4.78 is 5.14. The van der Waals surface area contributed by atoms with Crippen LogP contribution < -0.4 is 11.1 Å². The van der Waals surface area contributed by atoms with Gasteiger partial charge in [-0.15, -0.1) is 5.10 Å². The van der Waals surface area contributed by atoms with E-state index in [1.54, 1.807) is 20.8 Å². The molecule has 0 aliphatic rings. The van der Waals surface area contributed by atoms with Gasteiger partial charge in [0.25, 0.3) is 0 Å². The summed E-state index contributed by atoms with van der Waals surface area (Å²) in [5.74, 6) is 0. The largest absolute Gasteiger partial charge is 0.444 e. The predicted octanol–water partition coefficient (Wildman–Crippen LogP) is 2.27. The Kier molecular flexibility index (Phi) is 5.30. The van der Waals surface area contributed by atoms with Crippen LogP contribution in [0.25, 0.3) is 0 Å². The van der Waals surface area contributed by atoms with Crippen molar-refractivity contribution >= 4 is 17.7 Å². The molecule has 0 aliphatic heterocycles. The molecule has 1 heterocycles. The Balaban J connectivity index is 2.71. The molecule has 0 bridgehead atoms. The summed E-state index contributed by atoms with van der Waals surface area (Å²) in [6.07, 6.45) is -0.513. The molecule has 0 aliphatic carbocycles. The maximum atomic E-state index is 11.6. The Labute approximate surface area is 124 Å². The second-order valence-electron chi connectivity index (χ2n) is 5.60. The summed E-state index contributed by atoms with van der Waals surface area (Å²) in [7, 11) is 0. The number of halogens is 1. The van der Waals surface area contributed by atoms with Gasteiger partial charge in [0.15, 0.2) is 5.15 Å². The summed E-state index contributed by atoms with van der Waals surface area (Å²) in [6, 6.07) is -0.468. The van der Waals surface area contributed by atoms with Crippen molar-refractivity contribution in [2.45, 2.75) is 46.3 Å². The maximum Gasteiger partial charge on any atom is 0.407 e. The lowest BCUT2D eigenvalue weighted by Gasteiger charge is -2.21. The van der Waals surface area contributed by atoms with Gasteiger partial charge in [0.2, 0.25) is 0 Å². The number of hydrogen-bond acceptors (Lipinski definition) is 5. The average Bonchev–Trinajstić information content (AvgIpc) is 2.30. The smallest absolute Gasteiger partial charge is 0.407 e. The van der Waals surface area contributed by atoms with Crippen molar-refractivity contribution in [2.24, 2.45) is 5.73 Å². The number of carbonyl (C=O) groups is 1. The number of alkyl carbamates (subject to hydrolysis) is 1. The first kappa shape index (κ1) is 16.7. The molecule has 20 heavy (non-hydrogen) atoms. The molecule has 1 aromatic heterocycles. The molecular formula is C13H21ClN4O2. The number of aryl methyl sites for hydroxylation is 1. The zero-order chi connectivity index (χ0) is 15.5. The van der Waals surface area contributed by atoms with E-state index in [0.29, 0.717) is 5.56 Å². The minimum absolute atomic E-state index is 0.209. The van der Waals surface area contributed by atoms with Gasteiger partial charge in [0, 0.05) is 12.1 Å². The molecule has 0 saturated heterocycles. The van der Waals surface area contributed by atoms with Gasteiger partial charge in [-0.05, 0) is 40.2 Å². The van der Waals surface area contributed by atoms with Crippen molar-refractivity contribution in [2.75, 3.05) is 6.54 Å². The number of hydrogen-bond donors (Lipinski definition) is 2. The lowest BCUT2D eigenvalue weighted by atomic mass is 10.0. The SMILES string of the molecule is Cc1nnc(Cl)c(C(N)CNC(=O)OC(C)(C)C)c1C. The van der Waals surface area contributed by atoms with E-state index < -0.39 is 17.7 Å². The molecule has 1 rings (SSSR count). The zero-order valence-electron chi connectivity index (χ0n) is 12.5. The first-order chi connectivity index (χ1) is 9.11. The predicted molar refractivity (Wildman–Crippen MR) is 77.7 cm³/mol. The quantitative estimate of drug-likeness (QED) is 0.893. The number of nitrogens with two attached hydrogens (primary N) is 1. The standard InChI is InChI=1S/C13H21ClN4O2/c1-7-8(2)17-18-11(14)10(7)9(15)6-16-12(19)20-13(3,4)5/h9H,6,15H2,1-5H3,(H,16,19). The second-order valence-corrected chi connectivity index (χ2v) is 5.96. The van der Waals surface area contributed by atoms with Gasteiger partial charge >= 0.3 is 6.09 Å². The monoisotopic (exact) mass is 300 g/mol. The zero-order valence-corrected chi connectivity index (χ0v) is 13.2. The van der Waals surface area contributed by atoms with E-state index in [-0.39, 0.29) is 11.7 Å². The molecule has 1 unspecified atom stereocenters. The van der Waals surface area contributed by atoms with Crippen LogP contribution in [0.15, 0.2) is 0 Å². The molecule has 0 saturated carbocycles. The van der Waals surface area contributed by atoms with Gasteiger partial charge in [-0.25, -0.2) is 4.79 Å². The lowest BCUT2D eigenvalue weighted by molar-refractivity contribution is 0.0524. The molecule has 1 amide bonds. The van der Waals surface area contributed by atoms with E-state index in [1.807, 2.05) is 13.8 Å². The number of aromatic nitrogens is 2. The molecular weight excluding hydrogens is 280 g/mol. The van der Waals surface area contributed by atoms with Crippen molar-refractivity contribution in [1.29, 1.82) is 0 Å². The fraction of sp³-hybridized carbons (Fsp3) is 0.615. The molecule has 7 heteroatoms. The Morgan fingerprint density at radius 1 is 1.40 bits per heavy atom. The van der Waals surface area contributed by atoms with Gasteiger partial charge in [0.1, 0.15) is 5.60 Å². The molecule has 1 aromatic rings. The van der Waals surface area contributed by atoms with Crippen LogP contribution in [-0.2, 0) is 4.74 Å². The summed E-state index contributed by atoms with van der Waals surface area (Å²) in [5.41, 5.74) is 7.84. The fourth-order valence-electron chi connectivity index (χ4n) is 1.64. The maximum absolute atomic E-state index is 11.6. The van der Waals surface area contributed by atoms with E-state index >= 15 is 0 Å². The van der Waals surface area contributed by atoms with Crippen LogP contribution in [0.5, 0.6) is 0 Å². The highest BCUT2D eigenvalue weighted by molar-refractivity contribution is 6.30. The highest BCUT2D eigenvalue weighted by atomic mass is 35.5. The van der Waals surface area contributed by atoms with Gasteiger partial charge in [0.05, 0.1) is 11.7 Å². The minimum atomic E-state index is -0.545. The van der Waals surface area contributed by atoms with Crippen LogP contribution >= 0.6 is 11.6 Å². The van der Waals surface area contributed by atoms with Crippen LogP contribution in [0.2, 0.25) is 5.15 Å². The summed E-state index contributed by atoms with van der Waals surface area (Å²) in [6.45, 7) is 9.30. The summed E-state index contributed by atoms with van der Waals surface area (Å²) in [4.78, 5) is 11.6. The van der Waals surface area contributed by atoms with Crippen LogP contribution in [0.1, 0.15) is 43.6 Å². The van der Waals surface area contributed by atoms with Gasteiger partial charge < -0.3 is 15.8 Å². The summed E-state index contributed by atoms with van der Waals surface area (Å²) >= 11 is 6.02. The average molecular weight is 301 g/mol. The molecule has 0 spiro atoms. The van der Waals surface area contributed by atoms with E-state index in [9.17, 15) is 4.79 Å². The minimum Gasteiger partial charge on any atom is -0.444 e. The first-order valence-electron chi connectivity index (χ1n) is 6.33. The molecule has 0 fully saturated rings. The Bertz CT molecular complexity index is 500. The van der Waals surface area contributed by atoms with E-state index in [1.165, 1.54) is 0 Å². The molecule has 0 aromatic carbocycles. The third-order valence-electron chi connectivity index (χ3n) is 2.69. The van der Waals surface area contributed by atoms with Crippen molar-refractivity contribution in [1.82, 2.24) is 15.5 Å². The van der Waals surface area contributed by atoms with Crippen LogP contribution in [0.3, 0.4) is 0 Å². The highest BCUT2D eigenvalue weighted by Crippen LogP contribution is 2.23. The normalized spacial score (nSPS) is 12.9. The molecule has 3 N–H and O–H groups in total. The van der Waals surface area contributed by atoms with Crippen LogP contribution in [0.4, 0.5) is 4.79 Å². The molecule has 112 valence electrons. The van der Waals surface area contributed by atoms with E-state index in [0.717, 1.165) is 11.3 Å². The Hall–Kier alpha value is -1.40. The highest BCUT2D eigenvalue weighted by Gasteiger charge is 2.20. The topological polar surface area (TPSA) is 90.1 Å². The summed E-state index contributed by atoms with van der Waals surface area (Å²) in [5, 5.41) is 10.6. The number of amides is 1. The van der Waals surface area contributed by atoms with Gasteiger partial charge in [-0.2, -0.15) is 5.10 Å². The molecule has 1 atom stereocenters. The third-order valence-corrected chi connectivity index (χ3v) is 2.97. The van der Waals surface area contributed by atoms with Crippen molar-refractivity contribution in [3.8, 4) is 0 Å². The number of nitrogens with zero attached hydrogens (tertiary/aromatic N) is 2. The second kappa shape index (κ2) is 6.37. The van der Waals surface area contributed by atoms with Gasteiger partial charge in [-0.3, -0.25) is 0 Å².